The zero-order valence-electron chi connectivity index (χ0n) is 10.2. The molecule has 0 aliphatic rings. The summed E-state index contributed by atoms with van der Waals surface area (Å²) in [6.45, 7) is 2.12. The number of hydrogen-bond donors (Lipinski definition) is 2. The number of halogens is 1. The Kier molecular flexibility index (Phi) is 3.97. The van der Waals surface area contributed by atoms with Gasteiger partial charge in [-0.15, -0.1) is 0 Å². The van der Waals surface area contributed by atoms with Gasteiger partial charge in [-0.3, -0.25) is 14.8 Å². The summed E-state index contributed by atoms with van der Waals surface area (Å²) in [4.78, 5) is 20.1. The highest BCUT2D eigenvalue weighted by molar-refractivity contribution is 6.32. The van der Waals surface area contributed by atoms with E-state index >= 15 is 0 Å². The number of nitrogens with one attached hydrogen (secondary N) is 1. The Hall–Kier alpha value is -2.14. The molecule has 1 aromatic carbocycles. The van der Waals surface area contributed by atoms with Gasteiger partial charge in [-0.05, 0) is 25.1 Å². The maximum Gasteiger partial charge on any atom is 0.251 e. The van der Waals surface area contributed by atoms with E-state index in [0.717, 1.165) is 5.69 Å². The van der Waals surface area contributed by atoms with Crippen LogP contribution in [0.4, 0.5) is 0 Å². The molecule has 6 heteroatoms. The van der Waals surface area contributed by atoms with Gasteiger partial charge in [0.05, 0.1) is 29.2 Å². The minimum absolute atomic E-state index is 0.0531. The Morgan fingerprint density at radius 3 is 2.79 bits per heavy atom. The van der Waals surface area contributed by atoms with Gasteiger partial charge in [-0.25, -0.2) is 0 Å². The largest absolute Gasteiger partial charge is 0.506 e. The molecule has 1 heterocycles. The number of phenols is 1. The third kappa shape index (κ3) is 3.42. The van der Waals surface area contributed by atoms with Gasteiger partial charge >= 0.3 is 0 Å². The van der Waals surface area contributed by atoms with Crippen molar-refractivity contribution < 1.29 is 9.90 Å². The molecule has 0 fully saturated rings. The number of aromatic nitrogens is 2. The van der Waals surface area contributed by atoms with Gasteiger partial charge in [-0.1, -0.05) is 11.6 Å². The van der Waals surface area contributed by atoms with Crippen molar-refractivity contribution in [3.05, 3.63) is 52.6 Å². The minimum Gasteiger partial charge on any atom is -0.506 e. The fraction of sp³-hybridized carbons (Fsp3) is 0.154. The van der Waals surface area contributed by atoms with Gasteiger partial charge in [0, 0.05) is 11.8 Å². The quantitative estimate of drug-likeness (QED) is 0.901. The summed E-state index contributed by atoms with van der Waals surface area (Å²) >= 11 is 5.74. The van der Waals surface area contributed by atoms with Crippen LogP contribution in [0, 0.1) is 6.92 Å². The lowest BCUT2D eigenvalue weighted by Crippen LogP contribution is -2.23. The van der Waals surface area contributed by atoms with E-state index in [1.807, 2.05) is 6.92 Å². The van der Waals surface area contributed by atoms with E-state index < -0.39 is 0 Å². The molecule has 0 aliphatic carbocycles. The molecule has 0 saturated heterocycles. The van der Waals surface area contributed by atoms with Crippen LogP contribution in [0.15, 0.2) is 30.6 Å². The third-order valence-corrected chi connectivity index (χ3v) is 2.78. The molecule has 5 nitrogen and oxygen atoms in total. The maximum atomic E-state index is 11.8. The van der Waals surface area contributed by atoms with Crippen LogP contribution in [0.2, 0.25) is 5.02 Å². The van der Waals surface area contributed by atoms with Crippen molar-refractivity contribution in [2.75, 3.05) is 0 Å². The van der Waals surface area contributed by atoms with Crippen molar-refractivity contribution in [3.63, 3.8) is 0 Å². The summed E-state index contributed by atoms with van der Waals surface area (Å²) < 4.78 is 0. The molecule has 1 aromatic heterocycles. The first-order valence-corrected chi connectivity index (χ1v) is 5.98. The molecule has 98 valence electrons. The standard InChI is InChI=1S/C13H12ClN3O2/c1-8-5-16-10(6-15-8)7-17-13(19)9-2-3-12(18)11(14)4-9/h2-6,18H,7H2,1H3,(H,17,19). The van der Waals surface area contributed by atoms with Crippen molar-refractivity contribution >= 4 is 17.5 Å². The Bertz CT molecular complexity index is 599. The Morgan fingerprint density at radius 1 is 1.37 bits per heavy atom. The van der Waals surface area contributed by atoms with Crippen molar-refractivity contribution in [1.29, 1.82) is 0 Å². The molecular formula is C13H12ClN3O2. The molecule has 0 unspecified atom stereocenters. The monoisotopic (exact) mass is 277 g/mol. The minimum atomic E-state index is -0.288. The number of aryl methyl sites for hydroxylation is 1. The lowest BCUT2D eigenvalue weighted by molar-refractivity contribution is 0.0950. The average molecular weight is 278 g/mol. The van der Waals surface area contributed by atoms with Crippen LogP contribution < -0.4 is 5.32 Å². The van der Waals surface area contributed by atoms with Crippen LogP contribution in [0.25, 0.3) is 0 Å². The summed E-state index contributed by atoms with van der Waals surface area (Å²) in [7, 11) is 0. The lowest BCUT2D eigenvalue weighted by atomic mass is 10.2. The molecule has 2 aromatic rings. The first-order chi connectivity index (χ1) is 9.06. The number of aromatic hydroxyl groups is 1. The number of rotatable bonds is 3. The molecule has 2 rings (SSSR count). The Balaban J connectivity index is 2.01. The second-order valence-electron chi connectivity index (χ2n) is 4.00. The van der Waals surface area contributed by atoms with Crippen molar-refractivity contribution in [2.45, 2.75) is 13.5 Å². The SMILES string of the molecule is Cc1cnc(CNC(=O)c2ccc(O)c(Cl)c2)cn1. The number of nitrogens with zero attached hydrogens (tertiary/aromatic N) is 2. The van der Waals surface area contributed by atoms with E-state index in [4.69, 9.17) is 11.6 Å². The van der Waals surface area contributed by atoms with Crippen LogP contribution in [0.5, 0.6) is 5.75 Å². The lowest BCUT2D eigenvalue weighted by Gasteiger charge is -2.05. The predicted molar refractivity (Wildman–Crippen MR) is 71.1 cm³/mol. The molecular weight excluding hydrogens is 266 g/mol. The van der Waals surface area contributed by atoms with Gasteiger partial charge in [0.2, 0.25) is 0 Å². The number of carbonyl (C=O) groups excluding carboxylic acids is 1. The molecule has 19 heavy (non-hydrogen) atoms. The molecule has 2 N–H and O–H groups in total. The van der Waals surface area contributed by atoms with Crippen molar-refractivity contribution in [2.24, 2.45) is 0 Å². The second kappa shape index (κ2) is 5.67. The molecule has 0 radical (unpaired) electrons. The summed E-state index contributed by atoms with van der Waals surface area (Å²) in [5.74, 6) is -0.341. The van der Waals surface area contributed by atoms with Crippen molar-refractivity contribution in [1.82, 2.24) is 15.3 Å². The molecule has 0 bridgehead atoms. The molecule has 0 atom stereocenters. The fourth-order valence-electron chi connectivity index (χ4n) is 1.43. The van der Waals surface area contributed by atoms with Crippen LogP contribution in [-0.2, 0) is 6.54 Å². The van der Waals surface area contributed by atoms with E-state index in [0.29, 0.717) is 11.3 Å². The number of carbonyl (C=O) groups is 1. The van der Waals surface area contributed by atoms with E-state index in [9.17, 15) is 9.90 Å². The number of benzene rings is 1. The van der Waals surface area contributed by atoms with E-state index in [-0.39, 0.29) is 23.2 Å². The Morgan fingerprint density at radius 2 is 2.16 bits per heavy atom. The summed E-state index contributed by atoms with van der Waals surface area (Å²) in [5, 5.41) is 12.1. The van der Waals surface area contributed by atoms with Crippen LogP contribution >= 0.6 is 11.6 Å². The topological polar surface area (TPSA) is 75.1 Å². The number of amides is 1. The normalized spacial score (nSPS) is 10.2. The number of hydrogen-bond acceptors (Lipinski definition) is 4. The molecule has 0 spiro atoms. The second-order valence-corrected chi connectivity index (χ2v) is 4.41. The first-order valence-electron chi connectivity index (χ1n) is 5.60. The third-order valence-electron chi connectivity index (χ3n) is 2.47. The van der Waals surface area contributed by atoms with Gasteiger partial charge in [0.15, 0.2) is 0 Å². The first kappa shape index (κ1) is 13.3. The maximum absolute atomic E-state index is 11.8. The highest BCUT2D eigenvalue weighted by Gasteiger charge is 2.08. The fourth-order valence-corrected chi connectivity index (χ4v) is 1.61. The summed E-state index contributed by atoms with van der Waals surface area (Å²) in [6.07, 6.45) is 3.25. The average Bonchev–Trinajstić information content (AvgIpc) is 2.41. The van der Waals surface area contributed by atoms with Gasteiger partial charge < -0.3 is 10.4 Å². The predicted octanol–water partition coefficient (Wildman–Crippen LogP) is 2.07. The van der Waals surface area contributed by atoms with E-state index in [2.05, 4.69) is 15.3 Å². The molecule has 1 amide bonds. The van der Waals surface area contributed by atoms with E-state index in [1.54, 1.807) is 12.4 Å². The van der Waals surface area contributed by atoms with Gasteiger partial charge in [0.1, 0.15) is 5.75 Å². The summed E-state index contributed by atoms with van der Waals surface area (Å²) in [6, 6.07) is 4.29. The zero-order chi connectivity index (χ0) is 13.8. The van der Waals surface area contributed by atoms with Crippen LogP contribution in [-0.4, -0.2) is 21.0 Å². The molecule has 0 aliphatic heterocycles. The van der Waals surface area contributed by atoms with Crippen molar-refractivity contribution in [3.8, 4) is 5.75 Å². The van der Waals surface area contributed by atoms with Crippen LogP contribution in [0.3, 0.4) is 0 Å². The highest BCUT2D eigenvalue weighted by Crippen LogP contribution is 2.23. The van der Waals surface area contributed by atoms with Gasteiger partial charge in [0.25, 0.3) is 5.91 Å². The molecule has 0 saturated carbocycles. The van der Waals surface area contributed by atoms with Crippen LogP contribution in [0.1, 0.15) is 21.7 Å². The summed E-state index contributed by atoms with van der Waals surface area (Å²) in [5.41, 5.74) is 1.87. The highest BCUT2D eigenvalue weighted by atomic mass is 35.5. The zero-order valence-corrected chi connectivity index (χ0v) is 11.0. The van der Waals surface area contributed by atoms with E-state index in [1.165, 1.54) is 18.2 Å². The number of phenolic OH excluding ortho intramolecular Hbond substituents is 1. The van der Waals surface area contributed by atoms with Gasteiger partial charge in [-0.2, -0.15) is 0 Å². The Labute approximate surface area is 115 Å². The smallest absolute Gasteiger partial charge is 0.251 e.